The molecule has 1 aliphatic heterocycles. The topological polar surface area (TPSA) is 41.5 Å². The van der Waals surface area contributed by atoms with Gasteiger partial charge in [0.2, 0.25) is 0 Å². The summed E-state index contributed by atoms with van der Waals surface area (Å²) in [5.41, 5.74) is 0.538. The summed E-state index contributed by atoms with van der Waals surface area (Å²) < 4.78 is 5.79. The van der Waals surface area contributed by atoms with Crippen molar-refractivity contribution >= 4 is 0 Å². The molecule has 2 rings (SSSR count). The Balaban J connectivity index is 1.96. The van der Waals surface area contributed by atoms with Crippen molar-refractivity contribution in [2.24, 2.45) is 0 Å². The zero-order valence-corrected chi connectivity index (χ0v) is 10.4. The maximum absolute atomic E-state index is 10.3. The second-order valence-electron chi connectivity index (χ2n) is 4.72. The van der Waals surface area contributed by atoms with E-state index in [4.69, 9.17) is 4.74 Å². The molecule has 0 saturated carbocycles. The second kappa shape index (κ2) is 5.52. The Kier molecular flexibility index (Phi) is 4.02. The molecule has 1 fully saturated rings. The van der Waals surface area contributed by atoms with E-state index in [0.29, 0.717) is 6.61 Å². The largest absolute Gasteiger partial charge is 0.490 e. The fourth-order valence-electron chi connectivity index (χ4n) is 2.19. The third kappa shape index (κ3) is 3.20. The van der Waals surface area contributed by atoms with Gasteiger partial charge in [-0.25, -0.2) is 0 Å². The lowest BCUT2D eigenvalue weighted by Gasteiger charge is -2.32. The van der Waals surface area contributed by atoms with Gasteiger partial charge in [-0.3, -0.25) is 0 Å². The monoisotopic (exact) mass is 235 g/mol. The third-order valence-electron chi connectivity index (χ3n) is 3.38. The molecular formula is C14H21NO2. The Morgan fingerprint density at radius 3 is 2.71 bits per heavy atom. The van der Waals surface area contributed by atoms with E-state index in [9.17, 15) is 5.11 Å². The van der Waals surface area contributed by atoms with Gasteiger partial charge in [0.15, 0.2) is 0 Å². The van der Waals surface area contributed by atoms with Gasteiger partial charge in [0, 0.05) is 0 Å². The van der Waals surface area contributed by atoms with Gasteiger partial charge in [-0.1, -0.05) is 25.1 Å². The standard InChI is InChI=1S/C14H21NO2/c1-2-12-5-3-4-6-13(12)17-11-14(16)7-9-15-10-8-14/h3-6,15-16H,2,7-11H2,1H3. The molecule has 0 unspecified atom stereocenters. The Labute approximate surface area is 103 Å². The predicted molar refractivity (Wildman–Crippen MR) is 68.4 cm³/mol. The second-order valence-corrected chi connectivity index (χ2v) is 4.72. The lowest BCUT2D eigenvalue weighted by molar-refractivity contribution is -0.0288. The van der Waals surface area contributed by atoms with Gasteiger partial charge in [-0.2, -0.15) is 0 Å². The molecule has 0 radical (unpaired) electrons. The molecule has 94 valence electrons. The normalized spacial score (nSPS) is 18.9. The molecule has 2 N–H and O–H groups in total. The van der Waals surface area contributed by atoms with Crippen molar-refractivity contribution in [2.75, 3.05) is 19.7 Å². The summed E-state index contributed by atoms with van der Waals surface area (Å²) in [7, 11) is 0. The molecule has 0 spiro atoms. The molecule has 17 heavy (non-hydrogen) atoms. The highest BCUT2D eigenvalue weighted by Crippen LogP contribution is 2.23. The van der Waals surface area contributed by atoms with Gasteiger partial charge in [0.1, 0.15) is 18.0 Å². The van der Waals surface area contributed by atoms with Crippen LogP contribution in [-0.4, -0.2) is 30.4 Å². The average Bonchev–Trinajstić information content (AvgIpc) is 2.38. The molecule has 1 heterocycles. The minimum absolute atomic E-state index is 0.395. The van der Waals surface area contributed by atoms with E-state index in [1.165, 1.54) is 5.56 Å². The molecule has 1 saturated heterocycles. The van der Waals surface area contributed by atoms with Crippen molar-refractivity contribution in [2.45, 2.75) is 31.8 Å². The van der Waals surface area contributed by atoms with Gasteiger partial charge in [-0.05, 0) is 44.0 Å². The number of rotatable bonds is 4. The lowest BCUT2D eigenvalue weighted by Crippen LogP contribution is -2.46. The molecule has 3 heteroatoms. The summed E-state index contributed by atoms with van der Waals surface area (Å²) in [6.45, 7) is 4.25. The molecule has 0 atom stereocenters. The number of aryl methyl sites for hydroxylation is 1. The van der Waals surface area contributed by atoms with Gasteiger partial charge in [-0.15, -0.1) is 0 Å². The van der Waals surface area contributed by atoms with Gasteiger partial charge in [0.25, 0.3) is 0 Å². The Morgan fingerprint density at radius 2 is 2.00 bits per heavy atom. The number of ether oxygens (including phenoxy) is 1. The number of para-hydroxylation sites is 1. The molecule has 0 aliphatic carbocycles. The van der Waals surface area contributed by atoms with Crippen molar-refractivity contribution < 1.29 is 9.84 Å². The molecule has 0 amide bonds. The first-order valence-electron chi connectivity index (χ1n) is 6.37. The minimum Gasteiger partial charge on any atom is -0.490 e. The van der Waals surface area contributed by atoms with E-state index >= 15 is 0 Å². The maximum Gasteiger partial charge on any atom is 0.122 e. The first-order chi connectivity index (χ1) is 8.23. The number of benzene rings is 1. The van der Waals surface area contributed by atoms with Crippen LogP contribution < -0.4 is 10.1 Å². The van der Waals surface area contributed by atoms with Crippen LogP contribution in [0.3, 0.4) is 0 Å². The van der Waals surface area contributed by atoms with Crippen LogP contribution in [0.5, 0.6) is 5.75 Å². The minimum atomic E-state index is -0.661. The van der Waals surface area contributed by atoms with Crippen LogP contribution in [0.15, 0.2) is 24.3 Å². The van der Waals surface area contributed by atoms with Crippen LogP contribution in [0.1, 0.15) is 25.3 Å². The van der Waals surface area contributed by atoms with Crippen molar-refractivity contribution in [3.05, 3.63) is 29.8 Å². The number of nitrogens with one attached hydrogen (secondary N) is 1. The Bertz CT molecular complexity index is 359. The van der Waals surface area contributed by atoms with E-state index in [0.717, 1.165) is 38.1 Å². The quantitative estimate of drug-likeness (QED) is 0.835. The van der Waals surface area contributed by atoms with Crippen LogP contribution in [0.25, 0.3) is 0 Å². The average molecular weight is 235 g/mol. The van der Waals surface area contributed by atoms with Gasteiger partial charge < -0.3 is 15.2 Å². The lowest BCUT2D eigenvalue weighted by atomic mass is 9.93. The zero-order valence-electron chi connectivity index (χ0n) is 10.4. The van der Waals surface area contributed by atoms with E-state index in [-0.39, 0.29) is 0 Å². The van der Waals surface area contributed by atoms with Crippen LogP contribution in [0.4, 0.5) is 0 Å². The summed E-state index contributed by atoms with van der Waals surface area (Å²) in [6.07, 6.45) is 2.48. The summed E-state index contributed by atoms with van der Waals surface area (Å²) in [6, 6.07) is 8.04. The first-order valence-corrected chi connectivity index (χ1v) is 6.37. The Hall–Kier alpha value is -1.06. The van der Waals surface area contributed by atoms with Gasteiger partial charge >= 0.3 is 0 Å². The first kappa shape index (κ1) is 12.4. The SMILES string of the molecule is CCc1ccccc1OCC1(O)CCNCC1. The number of aliphatic hydroxyl groups is 1. The van der Waals surface area contributed by atoms with Crippen molar-refractivity contribution in [3.8, 4) is 5.75 Å². The Morgan fingerprint density at radius 1 is 1.29 bits per heavy atom. The van der Waals surface area contributed by atoms with Crippen LogP contribution in [-0.2, 0) is 6.42 Å². The highest BCUT2D eigenvalue weighted by atomic mass is 16.5. The summed E-state index contributed by atoms with van der Waals surface area (Å²) >= 11 is 0. The van der Waals surface area contributed by atoms with E-state index in [2.05, 4.69) is 18.3 Å². The molecule has 1 aromatic rings. The fourth-order valence-corrected chi connectivity index (χ4v) is 2.19. The summed E-state index contributed by atoms with van der Waals surface area (Å²) in [4.78, 5) is 0. The van der Waals surface area contributed by atoms with Crippen LogP contribution in [0, 0.1) is 0 Å². The smallest absolute Gasteiger partial charge is 0.122 e. The molecule has 0 bridgehead atoms. The van der Waals surface area contributed by atoms with Crippen LogP contribution >= 0.6 is 0 Å². The van der Waals surface area contributed by atoms with Crippen molar-refractivity contribution in [3.63, 3.8) is 0 Å². The maximum atomic E-state index is 10.3. The van der Waals surface area contributed by atoms with E-state index in [1.54, 1.807) is 0 Å². The van der Waals surface area contributed by atoms with E-state index < -0.39 is 5.60 Å². The number of piperidine rings is 1. The van der Waals surface area contributed by atoms with Crippen LogP contribution in [0.2, 0.25) is 0 Å². The fraction of sp³-hybridized carbons (Fsp3) is 0.571. The third-order valence-corrected chi connectivity index (χ3v) is 3.38. The molecular weight excluding hydrogens is 214 g/mol. The highest BCUT2D eigenvalue weighted by molar-refractivity contribution is 5.33. The molecule has 1 aliphatic rings. The number of hydrogen-bond acceptors (Lipinski definition) is 3. The molecule has 0 aromatic heterocycles. The number of hydrogen-bond donors (Lipinski definition) is 2. The van der Waals surface area contributed by atoms with Crippen molar-refractivity contribution in [1.82, 2.24) is 5.32 Å². The molecule has 3 nitrogen and oxygen atoms in total. The summed E-state index contributed by atoms with van der Waals surface area (Å²) in [5.74, 6) is 0.905. The highest BCUT2D eigenvalue weighted by Gasteiger charge is 2.30. The summed E-state index contributed by atoms with van der Waals surface area (Å²) in [5, 5.41) is 13.6. The molecule has 1 aromatic carbocycles. The van der Waals surface area contributed by atoms with Crippen molar-refractivity contribution in [1.29, 1.82) is 0 Å². The van der Waals surface area contributed by atoms with E-state index in [1.807, 2.05) is 18.2 Å². The predicted octanol–water partition coefficient (Wildman–Crippen LogP) is 1.74. The van der Waals surface area contributed by atoms with Gasteiger partial charge in [0.05, 0.1) is 0 Å². The zero-order chi connectivity index (χ0) is 12.1.